The number of aliphatic hydroxyl groups is 2. The topological polar surface area (TPSA) is 121 Å². The normalized spacial score (nSPS) is 25.7. The van der Waals surface area contributed by atoms with Crippen LogP contribution in [0.1, 0.15) is 17.9 Å². The fraction of sp³-hybridized carbons (Fsp3) is 0.600. The third-order valence-electron chi connectivity index (χ3n) is 6.84. The van der Waals surface area contributed by atoms with E-state index >= 15 is 0 Å². The van der Waals surface area contributed by atoms with Gasteiger partial charge < -0.3 is 34.6 Å². The number of carbonyl (C=O) groups is 2. The zero-order valence-corrected chi connectivity index (χ0v) is 20.1. The van der Waals surface area contributed by atoms with Gasteiger partial charge in [-0.05, 0) is 12.1 Å². The highest BCUT2D eigenvalue weighted by Gasteiger charge is 2.50. The Morgan fingerprint density at radius 2 is 2.03 bits per heavy atom. The van der Waals surface area contributed by atoms with E-state index in [4.69, 9.17) is 14.2 Å². The van der Waals surface area contributed by atoms with Gasteiger partial charge in [0.1, 0.15) is 18.0 Å². The second-order valence-electron chi connectivity index (χ2n) is 8.96. The van der Waals surface area contributed by atoms with Crippen molar-refractivity contribution in [2.45, 2.75) is 30.6 Å². The third kappa shape index (κ3) is 5.68. The average molecular weight is 490 g/mol. The number of fused-ring (bicyclic) bond motifs is 3. The summed E-state index contributed by atoms with van der Waals surface area (Å²) in [4.78, 5) is 30.3. The molecule has 0 spiro atoms. The Morgan fingerprint density at radius 1 is 1.26 bits per heavy atom. The summed E-state index contributed by atoms with van der Waals surface area (Å²) < 4.78 is 16.7. The molecule has 4 atom stereocenters. The number of amides is 2. The number of para-hydroxylation sites is 1. The van der Waals surface area contributed by atoms with E-state index in [0.717, 1.165) is 18.7 Å². The molecule has 1 aromatic rings. The Hall–Kier alpha value is -2.50. The highest BCUT2D eigenvalue weighted by Crippen LogP contribution is 2.47. The molecule has 0 aromatic heterocycles. The first-order valence-corrected chi connectivity index (χ1v) is 12.2. The van der Waals surface area contributed by atoms with E-state index in [0.29, 0.717) is 37.6 Å². The molecule has 1 aliphatic carbocycles. The van der Waals surface area contributed by atoms with Crippen LogP contribution >= 0.6 is 0 Å². The number of methoxy groups -OCH3 is 1. The van der Waals surface area contributed by atoms with Crippen LogP contribution in [0.3, 0.4) is 0 Å². The van der Waals surface area contributed by atoms with Crippen molar-refractivity contribution >= 4 is 11.8 Å². The minimum Gasteiger partial charge on any atom is -0.486 e. The number of ether oxygens (including phenoxy) is 3. The maximum atomic E-state index is 13.3. The molecule has 192 valence electrons. The van der Waals surface area contributed by atoms with Crippen LogP contribution in [-0.4, -0.2) is 116 Å². The van der Waals surface area contributed by atoms with Crippen molar-refractivity contribution < 1.29 is 34.0 Å². The second-order valence-corrected chi connectivity index (χ2v) is 8.96. The zero-order valence-electron chi connectivity index (χ0n) is 20.1. The van der Waals surface area contributed by atoms with Crippen LogP contribution in [0.2, 0.25) is 0 Å². The van der Waals surface area contributed by atoms with Crippen molar-refractivity contribution in [3.8, 4) is 5.75 Å². The van der Waals surface area contributed by atoms with Gasteiger partial charge in [-0.15, -0.1) is 0 Å². The lowest BCUT2D eigenvalue weighted by Gasteiger charge is -2.41. The summed E-state index contributed by atoms with van der Waals surface area (Å²) >= 11 is 0. The summed E-state index contributed by atoms with van der Waals surface area (Å²) in [7, 11) is 1.54. The summed E-state index contributed by atoms with van der Waals surface area (Å²) in [5.74, 6) is -0.354. The summed E-state index contributed by atoms with van der Waals surface area (Å²) in [6.45, 7) is 4.05. The molecule has 1 saturated heterocycles. The molecule has 0 saturated carbocycles. The molecule has 1 aromatic carbocycles. The van der Waals surface area contributed by atoms with Crippen LogP contribution in [0.4, 0.5) is 0 Å². The number of benzene rings is 1. The first-order valence-electron chi connectivity index (χ1n) is 12.2. The number of hydrogen-bond acceptors (Lipinski definition) is 8. The van der Waals surface area contributed by atoms with Crippen molar-refractivity contribution in [3.63, 3.8) is 0 Å². The molecule has 1 fully saturated rings. The number of carbonyl (C=O) groups excluding carboxylic acids is 2. The van der Waals surface area contributed by atoms with Gasteiger partial charge in [0.15, 0.2) is 0 Å². The summed E-state index contributed by atoms with van der Waals surface area (Å²) in [5.41, 5.74) is 1.26. The highest BCUT2D eigenvalue weighted by atomic mass is 16.5. The zero-order chi connectivity index (χ0) is 24.8. The van der Waals surface area contributed by atoms with Crippen molar-refractivity contribution in [1.29, 1.82) is 0 Å². The molecular formula is C25H35N3O7. The molecule has 3 aliphatic rings. The maximum absolute atomic E-state index is 13.3. The van der Waals surface area contributed by atoms with Crippen molar-refractivity contribution in [1.82, 2.24) is 15.1 Å². The number of morpholine rings is 1. The minimum absolute atomic E-state index is 0.108. The van der Waals surface area contributed by atoms with E-state index in [1.807, 2.05) is 24.3 Å². The maximum Gasteiger partial charge on any atom is 0.247 e. The lowest BCUT2D eigenvalue weighted by molar-refractivity contribution is -0.138. The Balaban J connectivity index is 1.65. The van der Waals surface area contributed by atoms with E-state index in [1.54, 1.807) is 18.1 Å². The molecule has 35 heavy (non-hydrogen) atoms. The Kier molecular flexibility index (Phi) is 8.74. The van der Waals surface area contributed by atoms with Crippen molar-refractivity contribution in [2.24, 2.45) is 0 Å². The van der Waals surface area contributed by atoms with Gasteiger partial charge in [0, 0.05) is 51.0 Å². The molecule has 2 heterocycles. The molecule has 4 rings (SSSR count). The van der Waals surface area contributed by atoms with Crippen molar-refractivity contribution in [2.75, 3.05) is 66.3 Å². The highest BCUT2D eigenvalue weighted by molar-refractivity contribution is 5.96. The largest absolute Gasteiger partial charge is 0.486 e. The molecule has 2 amide bonds. The number of nitrogens with zero attached hydrogens (tertiary/aromatic N) is 2. The fourth-order valence-corrected chi connectivity index (χ4v) is 5.04. The Labute approximate surface area is 205 Å². The molecule has 0 bridgehead atoms. The van der Waals surface area contributed by atoms with Gasteiger partial charge in [0.2, 0.25) is 11.8 Å². The lowest BCUT2D eigenvalue weighted by atomic mass is 9.77. The Morgan fingerprint density at radius 3 is 2.77 bits per heavy atom. The van der Waals surface area contributed by atoms with Gasteiger partial charge in [-0.2, -0.15) is 0 Å². The molecule has 4 unspecified atom stereocenters. The molecule has 3 N–H and O–H groups in total. The van der Waals surface area contributed by atoms with Gasteiger partial charge in [-0.25, -0.2) is 0 Å². The minimum atomic E-state index is -1.03. The van der Waals surface area contributed by atoms with E-state index in [-0.39, 0.29) is 38.0 Å². The van der Waals surface area contributed by atoms with Crippen LogP contribution in [0.15, 0.2) is 35.9 Å². The fourth-order valence-electron chi connectivity index (χ4n) is 5.04. The van der Waals surface area contributed by atoms with Gasteiger partial charge in [0.25, 0.3) is 0 Å². The van der Waals surface area contributed by atoms with Crippen LogP contribution in [-0.2, 0) is 19.1 Å². The Bertz CT molecular complexity index is 918. The molecule has 10 nitrogen and oxygen atoms in total. The summed E-state index contributed by atoms with van der Waals surface area (Å²) in [6.07, 6.45) is 0.127. The standard InChI is InChI=1S/C25H35N3O7/c1-33-13-6-21(30)28(9-8-27-10-14-34-15-11-27)19-16-18(25(32)26-7-12-29)22-17-4-2-3-5-20(17)35-24(22)23(19)31/h2-5,16,19,22-24,29,31H,6-15H2,1H3,(H,26,32). The quantitative estimate of drug-likeness (QED) is 0.403. The lowest BCUT2D eigenvalue weighted by Crippen LogP contribution is -2.57. The van der Waals surface area contributed by atoms with E-state index in [1.165, 1.54) is 0 Å². The average Bonchev–Trinajstić information content (AvgIpc) is 3.28. The predicted molar refractivity (Wildman–Crippen MR) is 127 cm³/mol. The van der Waals surface area contributed by atoms with E-state index in [9.17, 15) is 19.8 Å². The van der Waals surface area contributed by atoms with Gasteiger partial charge in [0.05, 0.1) is 44.8 Å². The van der Waals surface area contributed by atoms with Gasteiger partial charge in [-0.3, -0.25) is 14.5 Å². The first-order chi connectivity index (χ1) is 17.0. The summed E-state index contributed by atoms with van der Waals surface area (Å²) in [5, 5.41) is 23.4. The predicted octanol–water partition coefficient (Wildman–Crippen LogP) is -0.493. The number of nitrogens with one attached hydrogen (secondary N) is 1. The molecule has 10 heteroatoms. The van der Waals surface area contributed by atoms with E-state index < -0.39 is 24.2 Å². The molecule has 2 aliphatic heterocycles. The second kappa shape index (κ2) is 12.0. The number of hydrogen-bond donors (Lipinski definition) is 3. The van der Waals surface area contributed by atoms with Crippen LogP contribution in [0.25, 0.3) is 0 Å². The van der Waals surface area contributed by atoms with Crippen molar-refractivity contribution in [3.05, 3.63) is 41.5 Å². The number of rotatable bonds is 10. The van der Waals surface area contributed by atoms with Crippen LogP contribution < -0.4 is 10.1 Å². The monoisotopic (exact) mass is 489 g/mol. The number of aliphatic hydroxyl groups excluding tert-OH is 2. The SMILES string of the molecule is COCCC(=O)N(CCN1CCOCC1)C1C=C(C(=O)NCCO)C2c3ccccc3OC2C1O. The third-order valence-corrected chi connectivity index (χ3v) is 6.84. The van der Waals surface area contributed by atoms with E-state index in [2.05, 4.69) is 10.2 Å². The van der Waals surface area contributed by atoms with Gasteiger partial charge in [-0.1, -0.05) is 18.2 Å². The first kappa shape index (κ1) is 25.6. The summed E-state index contributed by atoms with van der Waals surface area (Å²) in [6, 6.07) is 6.68. The molecule has 0 radical (unpaired) electrons. The van der Waals surface area contributed by atoms with Crippen LogP contribution in [0.5, 0.6) is 5.75 Å². The van der Waals surface area contributed by atoms with Crippen LogP contribution in [0, 0.1) is 0 Å². The smallest absolute Gasteiger partial charge is 0.247 e. The molecular weight excluding hydrogens is 454 g/mol. The van der Waals surface area contributed by atoms with Gasteiger partial charge >= 0.3 is 0 Å².